The summed E-state index contributed by atoms with van der Waals surface area (Å²) in [5.74, 6) is 0. The van der Waals surface area contributed by atoms with Gasteiger partial charge in [-0.05, 0) is 18.2 Å². The van der Waals surface area contributed by atoms with Crippen LogP contribution in [0.15, 0.2) is 22.7 Å². The van der Waals surface area contributed by atoms with Gasteiger partial charge in [0.2, 0.25) is 0 Å². The molecule has 2 heterocycles. The molecule has 2 aromatic rings. The van der Waals surface area contributed by atoms with E-state index in [1.165, 1.54) is 0 Å². The lowest BCUT2D eigenvalue weighted by molar-refractivity contribution is 0.320. The van der Waals surface area contributed by atoms with Gasteiger partial charge < -0.3 is 5.32 Å². The summed E-state index contributed by atoms with van der Waals surface area (Å²) in [6.45, 7) is 1.98. The van der Waals surface area contributed by atoms with E-state index in [0.29, 0.717) is 6.04 Å². The molecule has 1 aromatic carbocycles. The van der Waals surface area contributed by atoms with E-state index in [9.17, 15) is 0 Å². The minimum Gasteiger partial charge on any atom is -0.312 e. The Morgan fingerprint density at radius 1 is 1.43 bits per heavy atom. The molecule has 0 atom stereocenters. The second kappa shape index (κ2) is 3.03. The number of hydrogen-bond acceptors (Lipinski definition) is 3. The third kappa shape index (κ3) is 1.16. The zero-order valence-electron chi connectivity index (χ0n) is 7.44. The Hall–Kier alpha value is -0.940. The molecule has 1 N–H and O–H groups in total. The largest absolute Gasteiger partial charge is 0.312 e. The lowest BCUT2D eigenvalue weighted by Gasteiger charge is -2.27. The van der Waals surface area contributed by atoms with E-state index in [2.05, 4.69) is 37.6 Å². The Labute approximate surface area is 89.4 Å². The van der Waals surface area contributed by atoms with Crippen LogP contribution in [0.1, 0.15) is 6.04 Å². The summed E-state index contributed by atoms with van der Waals surface area (Å²) in [4.78, 5) is 0. The molecule has 4 nitrogen and oxygen atoms in total. The number of hydrogen-bond donors (Lipinski definition) is 1. The molecule has 3 rings (SSSR count). The number of halogens is 1. The van der Waals surface area contributed by atoms with Crippen molar-refractivity contribution in [1.82, 2.24) is 20.3 Å². The van der Waals surface area contributed by atoms with E-state index in [4.69, 9.17) is 0 Å². The summed E-state index contributed by atoms with van der Waals surface area (Å²) < 4.78 is 3.07. The van der Waals surface area contributed by atoms with E-state index in [0.717, 1.165) is 28.6 Å². The zero-order chi connectivity index (χ0) is 9.54. The molecule has 0 amide bonds. The van der Waals surface area contributed by atoms with Crippen LogP contribution < -0.4 is 5.32 Å². The van der Waals surface area contributed by atoms with Crippen LogP contribution >= 0.6 is 15.9 Å². The van der Waals surface area contributed by atoms with Crippen molar-refractivity contribution in [3.8, 4) is 0 Å². The fraction of sp³-hybridized carbons (Fsp3) is 0.333. The molecule has 0 bridgehead atoms. The molecule has 1 aliphatic heterocycles. The summed E-state index contributed by atoms with van der Waals surface area (Å²) in [5, 5.41) is 11.5. The van der Waals surface area contributed by atoms with Gasteiger partial charge in [0.1, 0.15) is 5.52 Å². The molecule has 72 valence electrons. The Morgan fingerprint density at radius 2 is 2.29 bits per heavy atom. The minimum atomic E-state index is 0.467. The van der Waals surface area contributed by atoms with Crippen molar-refractivity contribution in [3.05, 3.63) is 22.7 Å². The molecule has 1 aromatic heterocycles. The molecular formula is C9H9BrN4. The average molecular weight is 253 g/mol. The number of fused-ring (bicyclic) bond motifs is 1. The van der Waals surface area contributed by atoms with Gasteiger partial charge in [-0.3, -0.25) is 0 Å². The zero-order valence-corrected chi connectivity index (χ0v) is 9.03. The van der Waals surface area contributed by atoms with Gasteiger partial charge in [-0.25, -0.2) is 4.68 Å². The van der Waals surface area contributed by atoms with Gasteiger partial charge in [-0.1, -0.05) is 21.1 Å². The third-order valence-electron chi connectivity index (χ3n) is 2.54. The van der Waals surface area contributed by atoms with Crippen LogP contribution in [0, 0.1) is 0 Å². The maximum Gasteiger partial charge on any atom is 0.113 e. The highest BCUT2D eigenvalue weighted by molar-refractivity contribution is 9.10. The third-order valence-corrected chi connectivity index (χ3v) is 3.03. The van der Waals surface area contributed by atoms with E-state index in [1.807, 2.05) is 16.8 Å². The molecule has 0 radical (unpaired) electrons. The molecule has 0 unspecified atom stereocenters. The topological polar surface area (TPSA) is 42.7 Å². The summed E-state index contributed by atoms with van der Waals surface area (Å²) in [6.07, 6.45) is 0. The molecule has 14 heavy (non-hydrogen) atoms. The van der Waals surface area contributed by atoms with Crippen LogP contribution in [0.25, 0.3) is 11.0 Å². The lowest BCUT2D eigenvalue weighted by atomic mass is 10.2. The van der Waals surface area contributed by atoms with E-state index in [1.54, 1.807) is 0 Å². The van der Waals surface area contributed by atoms with Crippen LogP contribution in [-0.4, -0.2) is 28.1 Å². The first kappa shape index (κ1) is 8.38. The fourth-order valence-corrected chi connectivity index (χ4v) is 1.97. The molecule has 0 spiro atoms. The Kier molecular flexibility index (Phi) is 1.81. The summed E-state index contributed by atoms with van der Waals surface area (Å²) in [6, 6.07) is 6.50. The standard InChI is InChI=1S/C9H9BrN4/c10-6-1-2-8-9(3-6)14(13-12-8)7-4-11-5-7/h1-3,7,11H,4-5H2. The minimum absolute atomic E-state index is 0.467. The van der Waals surface area contributed by atoms with Crippen LogP contribution in [0.3, 0.4) is 0 Å². The van der Waals surface area contributed by atoms with Crippen LogP contribution in [0.4, 0.5) is 0 Å². The van der Waals surface area contributed by atoms with Gasteiger partial charge in [0.15, 0.2) is 0 Å². The van der Waals surface area contributed by atoms with Gasteiger partial charge in [0.25, 0.3) is 0 Å². The van der Waals surface area contributed by atoms with Crippen LogP contribution in [0.5, 0.6) is 0 Å². The van der Waals surface area contributed by atoms with Crippen molar-refractivity contribution in [3.63, 3.8) is 0 Å². The summed E-state index contributed by atoms with van der Waals surface area (Å²) in [7, 11) is 0. The van der Waals surface area contributed by atoms with Gasteiger partial charge in [0, 0.05) is 17.6 Å². The van der Waals surface area contributed by atoms with Crippen LogP contribution in [0.2, 0.25) is 0 Å². The number of rotatable bonds is 1. The number of nitrogens with zero attached hydrogens (tertiary/aromatic N) is 3. The first-order valence-electron chi connectivity index (χ1n) is 4.56. The highest BCUT2D eigenvalue weighted by Crippen LogP contribution is 2.21. The molecule has 0 saturated carbocycles. The molecule has 0 aliphatic carbocycles. The van der Waals surface area contributed by atoms with E-state index < -0.39 is 0 Å². The second-order valence-corrected chi connectivity index (χ2v) is 4.39. The Bertz CT molecular complexity index is 475. The molecule has 1 fully saturated rings. The quantitative estimate of drug-likeness (QED) is 0.833. The van der Waals surface area contributed by atoms with Gasteiger partial charge in [0.05, 0.1) is 11.6 Å². The van der Waals surface area contributed by atoms with Crippen molar-refractivity contribution < 1.29 is 0 Å². The maximum atomic E-state index is 4.16. The highest BCUT2D eigenvalue weighted by atomic mass is 79.9. The first-order valence-corrected chi connectivity index (χ1v) is 5.35. The Morgan fingerprint density at radius 3 is 3.00 bits per heavy atom. The van der Waals surface area contributed by atoms with Crippen molar-refractivity contribution in [2.24, 2.45) is 0 Å². The SMILES string of the molecule is Brc1ccc2nnn(C3CNC3)c2c1. The normalized spacial score (nSPS) is 17.2. The Balaban J connectivity index is 2.18. The second-order valence-electron chi connectivity index (χ2n) is 3.48. The van der Waals surface area contributed by atoms with Gasteiger partial charge in [-0.2, -0.15) is 0 Å². The average Bonchev–Trinajstić information content (AvgIpc) is 2.46. The maximum absolute atomic E-state index is 4.16. The van der Waals surface area contributed by atoms with Crippen molar-refractivity contribution >= 4 is 27.0 Å². The summed E-state index contributed by atoms with van der Waals surface area (Å²) >= 11 is 3.46. The smallest absolute Gasteiger partial charge is 0.113 e. The molecule has 5 heteroatoms. The van der Waals surface area contributed by atoms with Gasteiger partial charge in [-0.15, -0.1) is 5.10 Å². The van der Waals surface area contributed by atoms with Gasteiger partial charge >= 0.3 is 0 Å². The van der Waals surface area contributed by atoms with Crippen molar-refractivity contribution in [2.45, 2.75) is 6.04 Å². The van der Waals surface area contributed by atoms with Crippen molar-refractivity contribution in [1.29, 1.82) is 0 Å². The van der Waals surface area contributed by atoms with Crippen molar-refractivity contribution in [2.75, 3.05) is 13.1 Å². The van der Waals surface area contributed by atoms with E-state index >= 15 is 0 Å². The monoisotopic (exact) mass is 252 g/mol. The fourth-order valence-electron chi connectivity index (χ4n) is 1.63. The summed E-state index contributed by atoms with van der Waals surface area (Å²) in [5.41, 5.74) is 2.06. The number of aromatic nitrogens is 3. The first-order chi connectivity index (χ1) is 6.84. The molecule has 1 aliphatic rings. The van der Waals surface area contributed by atoms with E-state index in [-0.39, 0.29) is 0 Å². The predicted octanol–water partition coefficient (Wildman–Crippen LogP) is 1.34. The van der Waals surface area contributed by atoms with Crippen LogP contribution in [-0.2, 0) is 0 Å². The lowest BCUT2D eigenvalue weighted by Crippen LogP contribution is -2.43. The molecule has 1 saturated heterocycles. The molecular weight excluding hydrogens is 244 g/mol. The highest BCUT2D eigenvalue weighted by Gasteiger charge is 2.21. The predicted molar refractivity (Wildman–Crippen MR) is 57.1 cm³/mol. The number of benzene rings is 1. The number of nitrogens with one attached hydrogen (secondary N) is 1.